The Labute approximate surface area is 117 Å². The topological polar surface area (TPSA) is 20.2 Å². The van der Waals surface area contributed by atoms with E-state index in [1.807, 2.05) is 18.2 Å². The Kier molecular flexibility index (Phi) is 7.24. The molecule has 0 saturated heterocycles. The monoisotopic (exact) mass is 316 g/mol. The lowest BCUT2D eigenvalue weighted by atomic mass is 9.97. The number of thioether (sulfide) groups is 1. The summed E-state index contributed by atoms with van der Waals surface area (Å²) in [6.45, 7) is 4.39. The van der Waals surface area contributed by atoms with Crippen LogP contribution in [-0.4, -0.2) is 17.0 Å². The SMILES string of the molecule is CCC(CC)CC(O)CSc1ccccc1Br. The zero-order valence-corrected chi connectivity index (χ0v) is 12.9. The van der Waals surface area contributed by atoms with E-state index < -0.39 is 0 Å². The van der Waals surface area contributed by atoms with E-state index in [-0.39, 0.29) is 6.10 Å². The Bertz CT molecular complexity index is 326. The van der Waals surface area contributed by atoms with Crippen LogP contribution < -0.4 is 0 Å². The first-order valence-electron chi connectivity index (χ1n) is 6.22. The van der Waals surface area contributed by atoms with Crippen LogP contribution in [0.2, 0.25) is 0 Å². The maximum Gasteiger partial charge on any atom is 0.0636 e. The second-order valence-corrected chi connectivity index (χ2v) is 6.23. The van der Waals surface area contributed by atoms with Gasteiger partial charge in [-0.05, 0) is 40.4 Å². The zero-order valence-electron chi connectivity index (χ0n) is 10.5. The predicted octanol–water partition coefficient (Wildman–Crippen LogP) is 4.73. The highest BCUT2D eigenvalue weighted by molar-refractivity contribution is 9.10. The van der Waals surface area contributed by atoms with Crippen molar-refractivity contribution in [3.8, 4) is 0 Å². The molecule has 0 aliphatic rings. The van der Waals surface area contributed by atoms with Crippen LogP contribution in [0.4, 0.5) is 0 Å². The molecule has 1 rings (SSSR count). The minimum absolute atomic E-state index is 0.197. The van der Waals surface area contributed by atoms with Gasteiger partial charge in [0.05, 0.1) is 6.10 Å². The predicted molar refractivity (Wildman–Crippen MR) is 79.6 cm³/mol. The van der Waals surface area contributed by atoms with Crippen LogP contribution in [0.3, 0.4) is 0 Å². The highest BCUT2D eigenvalue weighted by atomic mass is 79.9. The van der Waals surface area contributed by atoms with Gasteiger partial charge in [0, 0.05) is 15.1 Å². The van der Waals surface area contributed by atoms with Gasteiger partial charge >= 0.3 is 0 Å². The highest BCUT2D eigenvalue weighted by Gasteiger charge is 2.12. The third-order valence-electron chi connectivity index (χ3n) is 3.03. The molecule has 3 heteroatoms. The van der Waals surface area contributed by atoms with Gasteiger partial charge in [0.15, 0.2) is 0 Å². The second-order valence-electron chi connectivity index (χ2n) is 4.31. The van der Waals surface area contributed by atoms with Crippen molar-refractivity contribution in [2.45, 2.75) is 44.1 Å². The van der Waals surface area contributed by atoms with Crippen LogP contribution in [0.15, 0.2) is 33.6 Å². The highest BCUT2D eigenvalue weighted by Crippen LogP contribution is 2.28. The van der Waals surface area contributed by atoms with Crippen molar-refractivity contribution in [3.63, 3.8) is 0 Å². The van der Waals surface area contributed by atoms with E-state index in [4.69, 9.17) is 0 Å². The van der Waals surface area contributed by atoms with E-state index in [0.29, 0.717) is 5.92 Å². The Morgan fingerprint density at radius 1 is 1.24 bits per heavy atom. The molecule has 0 heterocycles. The van der Waals surface area contributed by atoms with E-state index in [0.717, 1.165) is 29.5 Å². The molecule has 1 nitrogen and oxygen atoms in total. The van der Waals surface area contributed by atoms with Gasteiger partial charge in [-0.3, -0.25) is 0 Å². The van der Waals surface area contributed by atoms with E-state index in [2.05, 4.69) is 35.8 Å². The Morgan fingerprint density at radius 3 is 2.47 bits per heavy atom. The van der Waals surface area contributed by atoms with Crippen molar-refractivity contribution in [1.29, 1.82) is 0 Å². The zero-order chi connectivity index (χ0) is 12.7. The van der Waals surface area contributed by atoms with E-state index in [1.165, 1.54) is 4.90 Å². The molecule has 0 radical (unpaired) electrons. The van der Waals surface area contributed by atoms with Crippen molar-refractivity contribution in [2.24, 2.45) is 5.92 Å². The molecule has 1 aromatic carbocycles. The minimum atomic E-state index is -0.197. The molecule has 1 unspecified atom stereocenters. The summed E-state index contributed by atoms with van der Waals surface area (Å²) in [5.41, 5.74) is 0. The van der Waals surface area contributed by atoms with Crippen LogP contribution in [0.1, 0.15) is 33.1 Å². The summed E-state index contributed by atoms with van der Waals surface area (Å²) in [7, 11) is 0. The molecule has 0 aromatic heterocycles. The molecule has 0 aliphatic heterocycles. The fourth-order valence-electron chi connectivity index (χ4n) is 1.82. The smallest absolute Gasteiger partial charge is 0.0636 e. The van der Waals surface area contributed by atoms with Crippen molar-refractivity contribution < 1.29 is 5.11 Å². The molecule has 1 atom stereocenters. The van der Waals surface area contributed by atoms with Gasteiger partial charge < -0.3 is 5.11 Å². The molecule has 0 spiro atoms. The van der Waals surface area contributed by atoms with Gasteiger partial charge in [-0.15, -0.1) is 11.8 Å². The molecule has 96 valence electrons. The summed E-state index contributed by atoms with van der Waals surface area (Å²) in [4.78, 5) is 1.20. The average Bonchev–Trinajstić information content (AvgIpc) is 2.35. The fraction of sp³-hybridized carbons (Fsp3) is 0.571. The van der Waals surface area contributed by atoms with Crippen LogP contribution in [-0.2, 0) is 0 Å². The average molecular weight is 317 g/mol. The lowest BCUT2D eigenvalue weighted by Gasteiger charge is -2.17. The first kappa shape index (κ1) is 15.1. The Hall–Kier alpha value is 0.01000. The third kappa shape index (κ3) is 5.45. The van der Waals surface area contributed by atoms with Crippen LogP contribution in [0, 0.1) is 5.92 Å². The number of hydrogen-bond donors (Lipinski definition) is 1. The largest absolute Gasteiger partial charge is 0.392 e. The molecule has 0 saturated carbocycles. The number of aliphatic hydroxyl groups excluding tert-OH is 1. The first-order valence-corrected chi connectivity index (χ1v) is 8.00. The molecule has 0 aliphatic carbocycles. The van der Waals surface area contributed by atoms with Gasteiger partial charge in [0.25, 0.3) is 0 Å². The summed E-state index contributed by atoms with van der Waals surface area (Å²) in [6, 6.07) is 8.16. The minimum Gasteiger partial charge on any atom is -0.392 e. The van der Waals surface area contributed by atoms with Crippen LogP contribution >= 0.6 is 27.7 Å². The standard InChI is InChI=1S/C14H21BrOS/c1-3-11(4-2)9-12(16)10-17-14-8-6-5-7-13(14)15/h5-8,11-12,16H,3-4,9-10H2,1-2H3. The van der Waals surface area contributed by atoms with Crippen molar-refractivity contribution in [3.05, 3.63) is 28.7 Å². The molecule has 1 N–H and O–H groups in total. The van der Waals surface area contributed by atoms with Crippen LogP contribution in [0.25, 0.3) is 0 Å². The normalized spacial score (nSPS) is 13.0. The molecule has 0 bridgehead atoms. The lowest BCUT2D eigenvalue weighted by Crippen LogP contribution is -2.15. The van der Waals surface area contributed by atoms with Crippen molar-refractivity contribution in [1.82, 2.24) is 0 Å². The van der Waals surface area contributed by atoms with Gasteiger partial charge in [-0.2, -0.15) is 0 Å². The summed E-state index contributed by atoms with van der Waals surface area (Å²) in [6.07, 6.45) is 3.04. The Morgan fingerprint density at radius 2 is 1.88 bits per heavy atom. The molecule has 17 heavy (non-hydrogen) atoms. The van der Waals surface area contributed by atoms with Crippen LogP contribution in [0.5, 0.6) is 0 Å². The summed E-state index contributed by atoms with van der Waals surface area (Å²) >= 11 is 5.24. The van der Waals surface area contributed by atoms with Crippen molar-refractivity contribution >= 4 is 27.7 Å². The van der Waals surface area contributed by atoms with Gasteiger partial charge in [0.1, 0.15) is 0 Å². The number of rotatable bonds is 7. The number of aliphatic hydroxyl groups is 1. The molecular weight excluding hydrogens is 296 g/mol. The third-order valence-corrected chi connectivity index (χ3v) is 5.20. The fourth-order valence-corrected chi connectivity index (χ4v) is 3.34. The first-order chi connectivity index (χ1) is 8.17. The van der Waals surface area contributed by atoms with Gasteiger partial charge in [-0.25, -0.2) is 0 Å². The van der Waals surface area contributed by atoms with E-state index in [9.17, 15) is 5.11 Å². The summed E-state index contributed by atoms with van der Waals surface area (Å²) in [5.74, 6) is 1.43. The summed E-state index contributed by atoms with van der Waals surface area (Å²) in [5, 5.41) is 10.00. The quantitative estimate of drug-likeness (QED) is 0.734. The van der Waals surface area contributed by atoms with E-state index >= 15 is 0 Å². The number of hydrogen-bond acceptors (Lipinski definition) is 2. The summed E-state index contributed by atoms with van der Waals surface area (Å²) < 4.78 is 1.11. The van der Waals surface area contributed by atoms with Gasteiger partial charge in [0.2, 0.25) is 0 Å². The van der Waals surface area contributed by atoms with E-state index in [1.54, 1.807) is 11.8 Å². The molecular formula is C14H21BrOS. The number of halogens is 1. The Balaban J connectivity index is 2.38. The maximum absolute atomic E-state index is 10.00. The lowest BCUT2D eigenvalue weighted by molar-refractivity contribution is 0.161. The molecule has 0 amide bonds. The van der Waals surface area contributed by atoms with Crippen molar-refractivity contribution in [2.75, 3.05) is 5.75 Å². The number of benzene rings is 1. The molecule has 0 fully saturated rings. The van der Waals surface area contributed by atoms with Gasteiger partial charge in [-0.1, -0.05) is 38.8 Å². The second kappa shape index (κ2) is 8.17. The maximum atomic E-state index is 10.00. The molecule has 1 aromatic rings.